The summed E-state index contributed by atoms with van der Waals surface area (Å²) in [6, 6.07) is 4.75. The molecular weight excluding hydrogens is 246 g/mol. The minimum atomic E-state index is -0.401. The number of esters is 1. The minimum absolute atomic E-state index is 0.327. The lowest BCUT2D eigenvalue weighted by Crippen LogP contribution is -2.08. The van der Waals surface area contributed by atoms with E-state index in [-0.39, 0.29) is 0 Å². The number of anilines is 1. The van der Waals surface area contributed by atoms with Gasteiger partial charge in [0.25, 0.3) is 0 Å². The molecule has 88 valence electrons. The van der Waals surface area contributed by atoms with Crippen molar-refractivity contribution in [2.75, 3.05) is 23.8 Å². The predicted molar refractivity (Wildman–Crippen MR) is 69.1 cm³/mol. The Morgan fingerprint density at radius 1 is 1.56 bits per heavy atom. The third-order valence-corrected chi connectivity index (χ3v) is 3.05. The maximum absolute atomic E-state index is 11.6. The average molecular weight is 260 g/mol. The monoisotopic (exact) mass is 259 g/mol. The summed E-state index contributed by atoms with van der Waals surface area (Å²) in [5, 5.41) is 0.327. The van der Waals surface area contributed by atoms with E-state index in [2.05, 4.69) is 6.92 Å². The van der Waals surface area contributed by atoms with Crippen LogP contribution in [-0.4, -0.2) is 24.1 Å². The number of ether oxygens (including phenoxy) is 1. The second kappa shape index (κ2) is 6.66. The maximum atomic E-state index is 11.6. The van der Waals surface area contributed by atoms with E-state index in [1.54, 1.807) is 30.0 Å². The average Bonchev–Trinajstić information content (AvgIpc) is 2.24. The third-order valence-electron chi connectivity index (χ3n) is 1.88. The summed E-state index contributed by atoms with van der Waals surface area (Å²) < 4.78 is 5.07. The Morgan fingerprint density at radius 2 is 2.31 bits per heavy atom. The van der Waals surface area contributed by atoms with Crippen molar-refractivity contribution < 1.29 is 9.53 Å². The number of halogens is 1. The highest BCUT2D eigenvalue weighted by molar-refractivity contribution is 7.99. The molecule has 0 saturated carbocycles. The first-order valence-corrected chi connectivity index (χ1v) is 6.48. The van der Waals surface area contributed by atoms with Crippen LogP contribution in [0.1, 0.15) is 17.3 Å². The fraction of sp³-hybridized carbons (Fsp3) is 0.364. The molecular formula is C11H14ClNO2S. The number of thioether (sulfide) groups is 1. The molecule has 0 spiro atoms. The number of carbonyl (C=O) groups is 1. The van der Waals surface area contributed by atoms with E-state index in [9.17, 15) is 4.79 Å². The summed E-state index contributed by atoms with van der Waals surface area (Å²) in [6.45, 7) is 2.46. The second-order valence-corrected chi connectivity index (χ2v) is 4.87. The van der Waals surface area contributed by atoms with Crippen molar-refractivity contribution in [3.63, 3.8) is 0 Å². The zero-order valence-corrected chi connectivity index (χ0v) is 10.6. The summed E-state index contributed by atoms with van der Waals surface area (Å²) in [7, 11) is 0. The van der Waals surface area contributed by atoms with Gasteiger partial charge in [-0.2, -0.15) is 11.8 Å². The number of carbonyl (C=O) groups excluding carboxylic acids is 1. The van der Waals surface area contributed by atoms with E-state index in [1.165, 1.54) is 0 Å². The molecule has 1 aromatic rings. The Labute approximate surface area is 104 Å². The molecule has 0 bridgehead atoms. The molecule has 0 aliphatic carbocycles. The molecule has 1 aromatic carbocycles. The molecule has 5 heteroatoms. The van der Waals surface area contributed by atoms with Gasteiger partial charge in [-0.05, 0) is 24.0 Å². The van der Waals surface area contributed by atoms with Gasteiger partial charge in [0.1, 0.15) is 6.61 Å². The number of hydrogen-bond donors (Lipinski definition) is 1. The smallest absolute Gasteiger partial charge is 0.339 e. The first-order chi connectivity index (χ1) is 7.65. The molecule has 0 unspecified atom stereocenters. The van der Waals surface area contributed by atoms with Gasteiger partial charge in [0, 0.05) is 11.4 Å². The lowest BCUT2D eigenvalue weighted by atomic mass is 10.2. The summed E-state index contributed by atoms with van der Waals surface area (Å²) in [6.07, 6.45) is 0. The van der Waals surface area contributed by atoms with Gasteiger partial charge in [-0.15, -0.1) is 0 Å². The SMILES string of the molecule is CCSCCOC(=O)c1ccc(N)cc1Cl. The topological polar surface area (TPSA) is 52.3 Å². The third kappa shape index (κ3) is 3.94. The standard InChI is InChI=1S/C11H14ClNO2S/c1-2-16-6-5-15-11(14)9-4-3-8(13)7-10(9)12/h3-4,7H,2,5-6,13H2,1H3. The Kier molecular flexibility index (Phi) is 5.49. The van der Waals surface area contributed by atoms with Gasteiger partial charge in [-0.25, -0.2) is 4.79 Å². The first-order valence-electron chi connectivity index (χ1n) is 4.95. The molecule has 0 saturated heterocycles. The number of hydrogen-bond acceptors (Lipinski definition) is 4. The van der Waals surface area contributed by atoms with Crippen molar-refractivity contribution in [1.82, 2.24) is 0 Å². The van der Waals surface area contributed by atoms with Crippen LogP contribution in [0.4, 0.5) is 5.69 Å². The van der Waals surface area contributed by atoms with Crippen LogP contribution >= 0.6 is 23.4 Å². The highest BCUT2D eigenvalue weighted by Gasteiger charge is 2.11. The highest BCUT2D eigenvalue weighted by atomic mass is 35.5. The van der Waals surface area contributed by atoms with Crippen molar-refractivity contribution >= 4 is 35.0 Å². The van der Waals surface area contributed by atoms with Crippen LogP contribution in [-0.2, 0) is 4.74 Å². The Hall–Kier alpha value is -0.870. The van der Waals surface area contributed by atoms with E-state index in [0.29, 0.717) is 22.9 Å². The van der Waals surface area contributed by atoms with Crippen molar-refractivity contribution in [3.8, 4) is 0 Å². The molecule has 0 heterocycles. The van der Waals surface area contributed by atoms with Gasteiger partial charge in [0.15, 0.2) is 0 Å². The van der Waals surface area contributed by atoms with Crippen molar-refractivity contribution in [2.45, 2.75) is 6.92 Å². The second-order valence-electron chi connectivity index (χ2n) is 3.07. The summed E-state index contributed by atoms with van der Waals surface area (Å²) in [5.74, 6) is 1.41. The van der Waals surface area contributed by atoms with Crippen LogP contribution in [0.3, 0.4) is 0 Å². The molecule has 3 nitrogen and oxygen atoms in total. The van der Waals surface area contributed by atoms with Crippen LogP contribution in [0.5, 0.6) is 0 Å². The van der Waals surface area contributed by atoms with E-state index in [1.807, 2.05) is 0 Å². The Morgan fingerprint density at radius 3 is 2.94 bits per heavy atom. The lowest BCUT2D eigenvalue weighted by Gasteiger charge is -2.06. The quantitative estimate of drug-likeness (QED) is 0.502. The number of nitrogens with two attached hydrogens (primary N) is 1. The zero-order valence-electron chi connectivity index (χ0n) is 9.03. The van der Waals surface area contributed by atoms with Crippen LogP contribution in [0.15, 0.2) is 18.2 Å². The van der Waals surface area contributed by atoms with Gasteiger partial charge in [-0.3, -0.25) is 0 Å². The van der Waals surface area contributed by atoms with Gasteiger partial charge in [0.2, 0.25) is 0 Å². The molecule has 0 amide bonds. The molecule has 0 aromatic heterocycles. The van der Waals surface area contributed by atoms with Gasteiger partial charge >= 0.3 is 5.97 Å². The van der Waals surface area contributed by atoms with E-state index < -0.39 is 5.97 Å². The molecule has 16 heavy (non-hydrogen) atoms. The van der Waals surface area contributed by atoms with Crippen LogP contribution in [0, 0.1) is 0 Å². The van der Waals surface area contributed by atoms with E-state index >= 15 is 0 Å². The largest absolute Gasteiger partial charge is 0.461 e. The lowest BCUT2D eigenvalue weighted by molar-refractivity contribution is 0.0530. The van der Waals surface area contributed by atoms with E-state index in [0.717, 1.165) is 11.5 Å². The first kappa shape index (κ1) is 13.2. The van der Waals surface area contributed by atoms with Crippen molar-refractivity contribution in [1.29, 1.82) is 0 Å². The Balaban J connectivity index is 2.53. The number of rotatable bonds is 5. The van der Waals surface area contributed by atoms with Gasteiger partial charge < -0.3 is 10.5 Å². The predicted octanol–water partition coefficient (Wildman–Crippen LogP) is 2.83. The van der Waals surface area contributed by atoms with Crippen LogP contribution in [0.25, 0.3) is 0 Å². The summed E-state index contributed by atoms with van der Waals surface area (Å²) in [5.41, 5.74) is 6.42. The number of nitrogen functional groups attached to an aromatic ring is 1. The summed E-state index contributed by atoms with van der Waals surface area (Å²) in [4.78, 5) is 11.6. The van der Waals surface area contributed by atoms with E-state index in [4.69, 9.17) is 22.1 Å². The fourth-order valence-corrected chi connectivity index (χ4v) is 1.87. The normalized spacial score (nSPS) is 10.1. The fourth-order valence-electron chi connectivity index (χ4n) is 1.11. The molecule has 0 radical (unpaired) electrons. The minimum Gasteiger partial charge on any atom is -0.461 e. The van der Waals surface area contributed by atoms with Crippen molar-refractivity contribution in [3.05, 3.63) is 28.8 Å². The molecule has 0 aliphatic rings. The molecule has 0 atom stereocenters. The van der Waals surface area contributed by atoms with Gasteiger partial charge in [0.05, 0.1) is 10.6 Å². The molecule has 0 aliphatic heterocycles. The summed E-state index contributed by atoms with van der Waals surface area (Å²) >= 11 is 7.60. The molecule has 0 fully saturated rings. The van der Waals surface area contributed by atoms with Crippen LogP contribution in [0.2, 0.25) is 5.02 Å². The molecule has 1 rings (SSSR count). The Bertz CT molecular complexity index is 371. The molecule has 2 N–H and O–H groups in total. The number of benzene rings is 1. The maximum Gasteiger partial charge on any atom is 0.339 e. The van der Waals surface area contributed by atoms with Gasteiger partial charge in [-0.1, -0.05) is 18.5 Å². The zero-order chi connectivity index (χ0) is 12.0. The highest BCUT2D eigenvalue weighted by Crippen LogP contribution is 2.19. The van der Waals surface area contributed by atoms with Crippen molar-refractivity contribution in [2.24, 2.45) is 0 Å². The van der Waals surface area contributed by atoms with Crippen LogP contribution < -0.4 is 5.73 Å².